The number of hydrogen-bond donors (Lipinski definition) is 1. The SMILES string of the molecule is CCOc1c(Br)cc(Br)cc1CNCCCN1CCOCC1.Cl.Cl. The molecule has 1 saturated heterocycles. The van der Waals surface area contributed by atoms with Crippen molar-refractivity contribution >= 4 is 56.7 Å². The highest BCUT2D eigenvalue weighted by molar-refractivity contribution is 9.11. The van der Waals surface area contributed by atoms with Crippen molar-refractivity contribution in [2.24, 2.45) is 0 Å². The van der Waals surface area contributed by atoms with E-state index in [0.29, 0.717) is 6.61 Å². The van der Waals surface area contributed by atoms with E-state index >= 15 is 0 Å². The molecular formula is C16H26Br2Cl2N2O2. The maximum atomic E-state index is 5.75. The molecule has 1 aromatic carbocycles. The summed E-state index contributed by atoms with van der Waals surface area (Å²) in [6.45, 7) is 9.51. The van der Waals surface area contributed by atoms with Crippen LogP contribution in [0.25, 0.3) is 0 Å². The summed E-state index contributed by atoms with van der Waals surface area (Å²) in [6.07, 6.45) is 1.15. The van der Waals surface area contributed by atoms with Crippen LogP contribution in [0.3, 0.4) is 0 Å². The fraction of sp³-hybridized carbons (Fsp3) is 0.625. The van der Waals surface area contributed by atoms with Crippen LogP contribution in [0.15, 0.2) is 21.1 Å². The molecule has 0 aromatic heterocycles. The Hall–Kier alpha value is 0.440. The van der Waals surface area contributed by atoms with E-state index in [2.05, 4.69) is 48.1 Å². The summed E-state index contributed by atoms with van der Waals surface area (Å²) >= 11 is 7.11. The van der Waals surface area contributed by atoms with Crippen LogP contribution in [-0.4, -0.2) is 50.9 Å². The van der Waals surface area contributed by atoms with Gasteiger partial charge in [0.2, 0.25) is 0 Å². The van der Waals surface area contributed by atoms with Crippen molar-refractivity contribution in [3.63, 3.8) is 0 Å². The molecule has 0 saturated carbocycles. The lowest BCUT2D eigenvalue weighted by Crippen LogP contribution is -2.37. The average Bonchev–Trinajstić information content (AvgIpc) is 2.51. The molecule has 140 valence electrons. The van der Waals surface area contributed by atoms with Crippen molar-refractivity contribution in [3.05, 3.63) is 26.6 Å². The monoisotopic (exact) mass is 506 g/mol. The van der Waals surface area contributed by atoms with E-state index in [1.165, 1.54) is 5.56 Å². The molecule has 4 nitrogen and oxygen atoms in total. The number of rotatable bonds is 8. The fourth-order valence-corrected chi connectivity index (χ4v) is 3.95. The topological polar surface area (TPSA) is 33.7 Å². The lowest BCUT2D eigenvalue weighted by Gasteiger charge is -2.26. The van der Waals surface area contributed by atoms with Gasteiger partial charge in [0.25, 0.3) is 0 Å². The molecule has 0 radical (unpaired) electrons. The predicted octanol–water partition coefficient (Wildman–Crippen LogP) is 4.27. The van der Waals surface area contributed by atoms with Crippen LogP contribution in [0.1, 0.15) is 18.9 Å². The van der Waals surface area contributed by atoms with Gasteiger partial charge in [-0.2, -0.15) is 0 Å². The first-order valence-electron chi connectivity index (χ1n) is 7.82. The highest BCUT2D eigenvalue weighted by Crippen LogP contribution is 2.32. The Balaban J connectivity index is 0.00000264. The Labute approximate surface area is 174 Å². The van der Waals surface area contributed by atoms with Gasteiger partial charge in [0.1, 0.15) is 5.75 Å². The normalized spacial score (nSPS) is 14.6. The Kier molecular flexibility index (Phi) is 13.9. The Morgan fingerprint density at radius 2 is 1.92 bits per heavy atom. The molecule has 0 atom stereocenters. The van der Waals surface area contributed by atoms with Gasteiger partial charge < -0.3 is 14.8 Å². The number of nitrogens with zero attached hydrogens (tertiary/aromatic N) is 1. The predicted molar refractivity (Wildman–Crippen MR) is 111 cm³/mol. The zero-order chi connectivity index (χ0) is 15.8. The summed E-state index contributed by atoms with van der Waals surface area (Å²) in [4.78, 5) is 2.46. The number of morpholine rings is 1. The van der Waals surface area contributed by atoms with E-state index in [-0.39, 0.29) is 24.8 Å². The molecule has 1 aliphatic rings. The number of nitrogens with one attached hydrogen (secondary N) is 1. The van der Waals surface area contributed by atoms with Crippen molar-refractivity contribution in [3.8, 4) is 5.75 Å². The van der Waals surface area contributed by atoms with Gasteiger partial charge in [-0.3, -0.25) is 4.90 Å². The molecule has 0 spiro atoms. The fourth-order valence-electron chi connectivity index (χ4n) is 2.53. The highest BCUT2D eigenvalue weighted by Gasteiger charge is 2.11. The first kappa shape index (κ1) is 24.4. The van der Waals surface area contributed by atoms with Crippen molar-refractivity contribution in [1.82, 2.24) is 10.2 Å². The molecule has 0 bridgehead atoms. The quantitative estimate of drug-likeness (QED) is 0.532. The van der Waals surface area contributed by atoms with Crippen molar-refractivity contribution in [1.29, 1.82) is 0 Å². The number of benzene rings is 1. The van der Waals surface area contributed by atoms with Crippen molar-refractivity contribution in [2.75, 3.05) is 46.0 Å². The van der Waals surface area contributed by atoms with Gasteiger partial charge in [-0.15, -0.1) is 24.8 Å². The summed E-state index contributed by atoms with van der Waals surface area (Å²) in [5, 5.41) is 3.51. The average molecular weight is 509 g/mol. The summed E-state index contributed by atoms with van der Waals surface area (Å²) < 4.78 is 13.2. The van der Waals surface area contributed by atoms with E-state index in [0.717, 1.165) is 67.1 Å². The second-order valence-electron chi connectivity index (χ2n) is 5.29. The Bertz CT molecular complexity index is 476. The third kappa shape index (κ3) is 8.21. The van der Waals surface area contributed by atoms with Crippen LogP contribution in [-0.2, 0) is 11.3 Å². The van der Waals surface area contributed by atoms with Crippen LogP contribution in [0.5, 0.6) is 5.75 Å². The van der Waals surface area contributed by atoms with E-state index in [4.69, 9.17) is 9.47 Å². The second kappa shape index (κ2) is 13.6. The van der Waals surface area contributed by atoms with Gasteiger partial charge in [0, 0.05) is 29.7 Å². The lowest BCUT2D eigenvalue weighted by atomic mass is 10.2. The third-order valence-corrected chi connectivity index (χ3v) is 4.67. The molecule has 0 aliphatic carbocycles. The van der Waals surface area contributed by atoms with E-state index in [1.807, 2.05) is 13.0 Å². The highest BCUT2D eigenvalue weighted by atomic mass is 79.9. The summed E-state index contributed by atoms with van der Waals surface area (Å²) in [7, 11) is 0. The van der Waals surface area contributed by atoms with Crippen molar-refractivity contribution in [2.45, 2.75) is 19.9 Å². The molecule has 1 N–H and O–H groups in total. The molecule has 1 aliphatic heterocycles. The molecule has 8 heteroatoms. The van der Waals surface area contributed by atoms with Gasteiger partial charge in [0.05, 0.1) is 24.3 Å². The number of halogens is 4. The third-order valence-electron chi connectivity index (χ3n) is 3.62. The summed E-state index contributed by atoms with van der Waals surface area (Å²) in [5.74, 6) is 0.936. The number of hydrogen-bond acceptors (Lipinski definition) is 4. The molecule has 1 fully saturated rings. The molecule has 1 heterocycles. The molecular weight excluding hydrogens is 483 g/mol. The summed E-state index contributed by atoms with van der Waals surface area (Å²) in [5.41, 5.74) is 1.18. The smallest absolute Gasteiger partial charge is 0.138 e. The van der Waals surface area contributed by atoms with Crippen LogP contribution in [0, 0.1) is 0 Å². The van der Waals surface area contributed by atoms with Gasteiger partial charge in [0.15, 0.2) is 0 Å². The molecule has 0 amide bonds. The molecule has 2 rings (SSSR count). The maximum absolute atomic E-state index is 5.75. The molecule has 24 heavy (non-hydrogen) atoms. The summed E-state index contributed by atoms with van der Waals surface area (Å²) in [6, 6.07) is 4.14. The first-order chi connectivity index (χ1) is 10.7. The van der Waals surface area contributed by atoms with Gasteiger partial charge in [-0.25, -0.2) is 0 Å². The minimum atomic E-state index is 0. The van der Waals surface area contributed by atoms with Crippen LogP contribution in [0.2, 0.25) is 0 Å². The van der Waals surface area contributed by atoms with Gasteiger partial charge >= 0.3 is 0 Å². The molecule has 1 aromatic rings. The van der Waals surface area contributed by atoms with Gasteiger partial charge in [-0.05, 0) is 54.5 Å². The lowest BCUT2D eigenvalue weighted by molar-refractivity contribution is 0.0374. The Morgan fingerprint density at radius 1 is 1.21 bits per heavy atom. The minimum Gasteiger partial charge on any atom is -0.492 e. The zero-order valence-electron chi connectivity index (χ0n) is 13.9. The largest absolute Gasteiger partial charge is 0.492 e. The number of ether oxygens (including phenoxy) is 2. The van der Waals surface area contributed by atoms with Crippen LogP contribution in [0.4, 0.5) is 0 Å². The van der Waals surface area contributed by atoms with Crippen molar-refractivity contribution < 1.29 is 9.47 Å². The standard InChI is InChI=1S/C16H24Br2N2O2.2ClH/c1-2-22-16-13(10-14(17)11-15(16)18)12-19-4-3-5-20-6-8-21-9-7-20;;/h10-11,19H,2-9,12H2,1H3;2*1H. The minimum absolute atomic E-state index is 0. The molecule has 0 unspecified atom stereocenters. The van der Waals surface area contributed by atoms with E-state index < -0.39 is 0 Å². The second-order valence-corrected chi connectivity index (χ2v) is 7.06. The van der Waals surface area contributed by atoms with Gasteiger partial charge in [-0.1, -0.05) is 15.9 Å². The maximum Gasteiger partial charge on any atom is 0.138 e. The van der Waals surface area contributed by atoms with E-state index in [9.17, 15) is 0 Å². The Morgan fingerprint density at radius 3 is 2.58 bits per heavy atom. The van der Waals surface area contributed by atoms with Crippen LogP contribution >= 0.6 is 56.7 Å². The first-order valence-corrected chi connectivity index (χ1v) is 9.41. The van der Waals surface area contributed by atoms with Crippen LogP contribution < -0.4 is 10.1 Å². The van der Waals surface area contributed by atoms with E-state index in [1.54, 1.807) is 0 Å². The zero-order valence-corrected chi connectivity index (χ0v) is 18.7.